The molecule has 3 aromatic heterocycles. The van der Waals surface area contributed by atoms with Crippen LogP contribution in [0.5, 0.6) is 0 Å². The van der Waals surface area contributed by atoms with E-state index in [1.54, 1.807) is 11.5 Å². The first-order chi connectivity index (χ1) is 16.8. The van der Waals surface area contributed by atoms with Gasteiger partial charge in [0.1, 0.15) is 15.5 Å². The van der Waals surface area contributed by atoms with Crippen molar-refractivity contribution in [2.45, 2.75) is 78.5 Å². The molecular formula is C26H31N3O5S. The molecule has 0 N–H and O–H groups in total. The first kappa shape index (κ1) is 23.9. The van der Waals surface area contributed by atoms with Crippen molar-refractivity contribution in [2.24, 2.45) is 0 Å². The van der Waals surface area contributed by atoms with Gasteiger partial charge in [-0.1, -0.05) is 6.42 Å². The molecule has 0 aliphatic carbocycles. The minimum Gasteiger partial charge on any atom is -0.453 e. The number of aryl methyl sites for hydroxylation is 3. The molecule has 0 amide bonds. The van der Waals surface area contributed by atoms with E-state index in [0.717, 1.165) is 68.9 Å². The van der Waals surface area contributed by atoms with Gasteiger partial charge in [-0.15, -0.1) is 11.3 Å². The normalized spacial score (nSPS) is 18.0. The molecule has 1 saturated heterocycles. The zero-order valence-corrected chi connectivity index (χ0v) is 21.3. The van der Waals surface area contributed by atoms with Gasteiger partial charge in [0, 0.05) is 43.1 Å². The zero-order chi connectivity index (χ0) is 24.7. The van der Waals surface area contributed by atoms with E-state index >= 15 is 0 Å². The number of thiophene rings is 1. The lowest BCUT2D eigenvalue weighted by molar-refractivity contribution is 0.0478. The van der Waals surface area contributed by atoms with Crippen LogP contribution in [0.4, 0.5) is 0 Å². The van der Waals surface area contributed by atoms with E-state index in [-0.39, 0.29) is 24.1 Å². The van der Waals surface area contributed by atoms with Crippen LogP contribution in [0.3, 0.4) is 0 Å². The summed E-state index contributed by atoms with van der Waals surface area (Å²) in [5, 5.41) is 0.483. The number of hydrogen-bond donors (Lipinski definition) is 0. The molecule has 5 heterocycles. The highest BCUT2D eigenvalue weighted by Crippen LogP contribution is 2.29. The summed E-state index contributed by atoms with van der Waals surface area (Å²) in [6, 6.07) is 1.85. The van der Waals surface area contributed by atoms with Gasteiger partial charge in [-0.2, -0.15) is 0 Å². The largest absolute Gasteiger partial charge is 0.453 e. The summed E-state index contributed by atoms with van der Waals surface area (Å²) >= 11 is 1.17. The smallest absolute Gasteiger partial charge is 0.349 e. The Kier molecular flexibility index (Phi) is 6.63. The lowest BCUT2D eigenvalue weighted by Gasteiger charge is -2.14. The highest BCUT2D eigenvalue weighted by molar-refractivity contribution is 7.20. The minimum absolute atomic E-state index is 0.0885. The lowest BCUT2D eigenvalue weighted by atomic mass is 10.1. The Bertz CT molecular complexity index is 1360. The molecule has 1 fully saturated rings. The topological polar surface area (TPSA) is 92.4 Å². The van der Waals surface area contributed by atoms with Crippen LogP contribution in [0.2, 0.25) is 0 Å². The molecule has 8 nitrogen and oxygen atoms in total. The van der Waals surface area contributed by atoms with Gasteiger partial charge in [-0.05, 0) is 58.1 Å². The number of hydrogen-bond acceptors (Lipinski definition) is 7. The van der Waals surface area contributed by atoms with Gasteiger partial charge in [0.05, 0.1) is 11.5 Å². The highest BCUT2D eigenvalue weighted by atomic mass is 32.1. The fourth-order valence-corrected chi connectivity index (χ4v) is 6.32. The molecule has 2 aliphatic rings. The van der Waals surface area contributed by atoms with Crippen molar-refractivity contribution >= 4 is 33.3 Å². The third kappa shape index (κ3) is 4.47. The van der Waals surface area contributed by atoms with Crippen molar-refractivity contribution in [1.29, 1.82) is 0 Å². The van der Waals surface area contributed by atoms with Crippen molar-refractivity contribution in [1.82, 2.24) is 14.1 Å². The number of fused-ring (bicyclic) bond motifs is 2. The number of nitrogens with zero attached hydrogens (tertiary/aromatic N) is 3. The van der Waals surface area contributed by atoms with Crippen molar-refractivity contribution in [3.05, 3.63) is 49.6 Å². The molecule has 1 atom stereocenters. The third-order valence-electron chi connectivity index (χ3n) is 7.22. The van der Waals surface area contributed by atoms with E-state index in [0.29, 0.717) is 32.8 Å². The van der Waals surface area contributed by atoms with Crippen molar-refractivity contribution in [3.8, 4) is 0 Å². The van der Waals surface area contributed by atoms with Crippen molar-refractivity contribution in [3.63, 3.8) is 0 Å². The fourth-order valence-electron chi connectivity index (χ4n) is 5.24. The van der Waals surface area contributed by atoms with Crippen LogP contribution in [-0.4, -0.2) is 45.2 Å². The van der Waals surface area contributed by atoms with Crippen molar-refractivity contribution < 1.29 is 19.1 Å². The molecule has 9 heteroatoms. The average molecular weight is 498 g/mol. The molecule has 3 aromatic rings. The molecule has 0 radical (unpaired) electrons. The molecular weight excluding hydrogens is 466 g/mol. The molecule has 0 saturated carbocycles. The Morgan fingerprint density at radius 1 is 1.20 bits per heavy atom. The Morgan fingerprint density at radius 2 is 2.03 bits per heavy atom. The van der Waals surface area contributed by atoms with E-state index < -0.39 is 5.97 Å². The van der Waals surface area contributed by atoms with Crippen LogP contribution in [0.15, 0.2) is 10.9 Å². The SMILES string of the molecule is Cc1c(C(=O)OCC(=O)c2cc(C)n(CC3CCCO3)c2C)sc2nc3n(c(=O)c12)CCCCC3. The van der Waals surface area contributed by atoms with E-state index in [1.807, 2.05) is 19.9 Å². The monoisotopic (exact) mass is 497 g/mol. The number of carbonyl (C=O) groups is 2. The summed E-state index contributed by atoms with van der Waals surface area (Å²) in [6.07, 6.45) is 6.06. The second-order valence-electron chi connectivity index (χ2n) is 9.56. The van der Waals surface area contributed by atoms with Crippen LogP contribution in [-0.2, 0) is 29.0 Å². The lowest BCUT2D eigenvalue weighted by Crippen LogP contribution is -2.24. The van der Waals surface area contributed by atoms with Crippen LogP contribution < -0.4 is 5.56 Å². The minimum atomic E-state index is -0.591. The number of ketones is 1. The van der Waals surface area contributed by atoms with Gasteiger partial charge < -0.3 is 14.0 Å². The second kappa shape index (κ2) is 9.70. The van der Waals surface area contributed by atoms with Gasteiger partial charge in [0.25, 0.3) is 5.56 Å². The average Bonchev–Trinajstić information content (AvgIpc) is 3.48. The van der Waals surface area contributed by atoms with E-state index in [4.69, 9.17) is 14.5 Å². The Labute approximate surface area is 207 Å². The number of carbonyl (C=O) groups excluding carboxylic acids is 2. The maximum Gasteiger partial charge on any atom is 0.349 e. The summed E-state index contributed by atoms with van der Waals surface area (Å²) in [5.41, 5.74) is 2.89. The molecule has 2 aliphatic heterocycles. The second-order valence-corrected chi connectivity index (χ2v) is 10.6. The number of esters is 1. The fraction of sp³-hybridized carbons (Fsp3) is 0.538. The van der Waals surface area contributed by atoms with E-state index in [9.17, 15) is 14.4 Å². The highest BCUT2D eigenvalue weighted by Gasteiger charge is 2.25. The first-order valence-electron chi connectivity index (χ1n) is 12.4. The molecule has 0 spiro atoms. The predicted molar refractivity (Wildman–Crippen MR) is 134 cm³/mol. The molecule has 0 bridgehead atoms. The molecule has 186 valence electrons. The number of ether oxygens (including phenoxy) is 2. The van der Waals surface area contributed by atoms with Crippen LogP contribution in [0.25, 0.3) is 10.2 Å². The van der Waals surface area contributed by atoms with Gasteiger partial charge >= 0.3 is 5.97 Å². The Hall–Kier alpha value is -2.78. The van der Waals surface area contributed by atoms with Crippen LogP contribution in [0, 0.1) is 20.8 Å². The Morgan fingerprint density at radius 3 is 2.80 bits per heavy atom. The van der Waals surface area contributed by atoms with Gasteiger partial charge in [-0.25, -0.2) is 9.78 Å². The van der Waals surface area contributed by atoms with E-state index in [2.05, 4.69) is 4.57 Å². The molecule has 35 heavy (non-hydrogen) atoms. The van der Waals surface area contributed by atoms with Crippen LogP contribution >= 0.6 is 11.3 Å². The van der Waals surface area contributed by atoms with Crippen LogP contribution in [0.1, 0.15) is 74.9 Å². The maximum atomic E-state index is 13.1. The molecule has 0 aromatic carbocycles. The standard InChI is InChI=1S/C26H31N3O5S/c1-15-12-19(17(3)29(15)13-18-8-7-11-33-18)20(30)14-34-26(32)23-16(2)22-24(35-23)27-21-9-5-4-6-10-28(21)25(22)31/h12,18H,4-11,13-14H2,1-3H3. The third-order valence-corrected chi connectivity index (χ3v) is 8.38. The maximum absolute atomic E-state index is 13.1. The number of Topliss-reactive ketones (excluding diaryl/α,β-unsaturated/α-hetero) is 1. The summed E-state index contributed by atoms with van der Waals surface area (Å²) in [7, 11) is 0. The molecule has 5 rings (SSSR count). The zero-order valence-electron chi connectivity index (χ0n) is 20.5. The van der Waals surface area contributed by atoms with Gasteiger partial charge in [-0.3, -0.25) is 14.2 Å². The summed E-state index contributed by atoms with van der Waals surface area (Å²) in [5.74, 6) is -0.0463. The molecule has 1 unspecified atom stereocenters. The summed E-state index contributed by atoms with van der Waals surface area (Å²) in [6.45, 7) is 7.45. The predicted octanol–water partition coefficient (Wildman–Crippen LogP) is 4.13. The van der Waals surface area contributed by atoms with Crippen molar-refractivity contribution in [2.75, 3.05) is 13.2 Å². The summed E-state index contributed by atoms with van der Waals surface area (Å²) < 4.78 is 15.0. The quantitative estimate of drug-likeness (QED) is 0.376. The Balaban J connectivity index is 1.33. The number of rotatable bonds is 6. The number of aromatic nitrogens is 3. The van der Waals surface area contributed by atoms with E-state index in [1.165, 1.54) is 11.3 Å². The summed E-state index contributed by atoms with van der Waals surface area (Å²) in [4.78, 5) is 44.6. The first-order valence-corrected chi connectivity index (χ1v) is 13.2. The van der Waals surface area contributed by atoms with Gasteiger partial charge in [0.15, 0.2) is 6.61 Å². The van der Waals surface area contributed by atoms with Gasteiger partial charge in [0.2, 0.25) is 5.78 Å².